The minimum Gasteiger partial charge on any atom is -0.508 e. The van der Waals surface area contributed by atoms with Crippen LogP contribution < -0.4 is 5.73 Å². The molecule has 0 saturated carbocycles. The number of aromatic hydroxyl groups is 2. The first kappa shape index (κ1) is 11.5. The number of nitrogens with two attached hydrogens (primary N) is 1. The van der Waals surface area contributed by atoms with Gasteiger partial charge in [-0.3, -0.25) is 0 Å². The molecule has 0 fully saturated rings. The molecule has 3 heteroatoms. The SMILES string of the molecule is NCCc1ccc(O)c(-c2ccc(O)cc2)c1. The molecule has 3 nitrogen and oxygen atoms in total. The van der Waals surface area contributed by atoms with E-state index in [1.54, 1.807) is 30.3 Å². The Bertz CT molecular complexity index is 506. The van der Waals surface area contributed by atoms with Crippen LogP contribution in [0.1, 0.15) is 5.56 Å². The maximum absolute atomic E-state index is 9.83. The summed E-state index contributed by atoms with van der Waals surface area (Å²) in [6, 6.07) is 12.2. The largest absolute Gasteiger partial charge is 0.508 e. The maximum atomic E-state index is 9.83. The van der Waals surface area contributed by atoms with Crippen LogP contribution in [0, 0.1) is 0 Å². The predicted octanol–water partition coefficient (Wildman–Crippen LogP) is 2.27. The zero-order valence-electron chi connectivity index (χ0n) is 9.43. The van der Waals surface area contributed by atoms with Gasteiger partial charge in [-0.1, -0.05) is 18.2 Å². The van der Waals surface area contributed by atoms with Gasteiger partial charge < -0.3 is 15.9 Å². The van der Waals surface area contributed by atoms with Crippen molar-refractivity contribution in [3.05, 3.63) is 48.0 Å². The average molecular weight is 229 g/mol. The van der Waals surface area contributed by atoms with E-state index in [-0.39, 0.29) is 11.5 Å². The Morgan fingerprint density at radius 1 is 0.941 bits per heavy atom. The second-order valence-electron chi connectivity index (χ2n) is 3.94. The lowest BCUT2D eigenvalue weighted by Gasteiger charge is -2.07. The summed E-state index contributed by atoms with van der Waals surface area (Å²) in [6.07, 6.45) is 0.783. The van der Waals surface area contributed by atoms with E-state index >= 15 is 0 Å². The van der Waals surface area contributed by atoms with Crippen molar-refractivity contribution in [2.24, 2.45) is 5.73 Å². The standard InChI is InChI=1S/C14H15NO2/c15-8-7-10-1-6-14(17)13(9-10)11-2-4-12(16)5-3-11/h1-6,9,16-17H,7-8,15H2. The van der Waals surface area contributed by atoms with E-state index in [2.05, 4.69) is 0 Å². The average Bonchev–Trinajstić information content (AvgIpc) is 2.33. The highest BCUT2D eigenvalue weighted by molar-refractivity contribution is 5.71. The summed E-state index contributed by atoms with van der Waals surface area (Å²) < 4.78 is 0. The van der Waals surface area contributed by atoms with Gasteiger partial charge in [-0.2, -0.15) is 0 Å². The van der Waals surface area contributed by atoms with Crippen molar-refractivity contribution < 1.29 is 10.2 Å². The summed E-state index contributed by atoms with van der Waals surface area (Å²) in [5.41, 5.74) is 8.24. The Labute approximate surface area is 100 Å². The minimum atomic E-state index is 0.214. The van der Waals surface area contributed by atoms with Crippen LogP contribution in [0.2, 0.25) is 0 Å². The van der Waals surface area contributed by atoms with Gasteiger partial charge in [0.25, 0.3) is 0 Å². The molecule has 0 aliphatic carbocycles. The summed E-state index contributed by atoms with van der Waals surface area (Å²) in [5.74, 6) is 0.447. The summed E-state index contributed by atoms with van der Waals surface area (Å²) in [4.78, 5) is 0. The lowest BCUT2D eigenvalue weighted by atomic mass is 10.0. The number of benzene rings is 2. The first-order valence-electron chi connectivity index (χ1n) is 5.52. The molecule has 0 aliphatic heterocycles. The molecule has 88 valence electrons. The molecule has 2 aromatic rings. The molecule has 4 N–H and O–H groups in total. The molecule has 17 heavy (non-hydrogen) atoms. The van der Waals surface area contributed by atoms with E-state index in [1.165, 1.54) is 0 Å². The molecule has 0 saturated heterocycles. The van der Waals surface area contributed by atoms with Crippen molar-refractivity contribution >= 4 is 0 Å². The molecule has 0 aromatic heterocycles. The van der Waals surface area contributed by atoms with Crippen LogP contribution in [-0.2, 0) is 6.42 Å². The summed E-state index contributed by atoms with van der Waals surface area (Å²) in [5, 5.41) is 19.1. The highest BCUT2D eigenvalue weighted by Gasteiger charge is 2.05. The molecular formula is C14H15NO2. The number of hydrogen-bond donors (Lipinski definition) is 3. The van der Waals surface area contributed by atoms with Gasteiger partial charge >= 0.3 is 0 Å². The lowest BCUT2D eigenvalue weighted by molar-refractivity contribution is 0.474. The monoisotopic (exact) mass is 229 g/mol. The van der Waals surface area contributed by atoms with E-state index < -0.39 is 0 Å². The number of phenols is 2. The lowest BCUT2D eigenvalue weighted by Crippen LogP contribution is -2.02. The van der Waals surface area contributed by atoms with E-state index in [4.69, 9.17) is 5.73 Å². The van der Waals surface area contributed by atoms with E-state index in [0.717, 1.165) is 23.1 Å². The molecular weight excluding hydrogens is 214 g/mol. The number of hydrogen-bond acceptors (Lipinski definition) is 3. The highest BCUT2D eigenvalue weighted by atomic mass is 16.3. The summed E-state index contributed by atoms with van der Waals surface area (Å²) >= 11 is 0. The Hall–Kier alpha value is -2.00. The summed E-state index contributed by atoms with van der Waals surface area (Å²) in [6.45, 7) is 0.583. The van der Waals surface area contributed by atoms with Gasteiger partial charge in [0, 0.05) is 5.56 Å². The van der Waals surface area contributed by atoms with Crippen LogP contribution in [0.3, 0.4) is 0 Å². The van der Waals surface area contributed by atoms with Crippen LogP contribution >= 0.6 is 0 Å². The molecule has 0 amide bonds. The van der Waals surface area contributed by atoms with Crippen molar-refractivity contribution in [3.63, 3.8) is 0 Å². The first-order chi connectivity index (χ1) is 8.20. The third-order valence-corrected chi connectivity index (χ3v) is 2.67. The van der Waals surface area contributed by atoms with E-state index in [0.29, 0.717) is 6.54 Å². The van der Waals surface area contributed by atoms with Gasteiger partial charge in [0.05, 0.1) is 0 Å². The van der Waals surface area contributed by atoms with Gasteiger partial charge in [-0.05, 0) is 48.4 Å². The normalized spacial score (nSPS) is 10.4. The Morgan fingerprint density at radius 3 is 2.29 bits per heavy atom. The highest BCUT2D eigenvalue weighted by Crippen LogP contribution is 2.31. The van der Waals surface area contributed by atoms with Crippen LogP contribution in [-0.4, -0.2) is 16.8 Å². The molecule has 0 atom stereocenters. The molecule has 0 spiro atoms. The van der Waals surface area contributed by atoms with Crippen molar-refractivity contribution in [2.45, 2.75) is 6.42 Å². The second-order valence-corrected chi connectivity index (χ2v) is 3.94. The topological polar surface area (TPSA) is 66.5 Å². The summed E-state index contributed by atoms with van der Waals surface area (Å²) in [7, 11) is 0. The third-order valence-electron chi connectivity index (χ3n) is 2.67. The Morgan fingerprint density at radius 2 is 1.65 bits per heavy atom. The van der Waals surface area contributed by atoms with Crippen molar-refractivity contribution in [1.29, 1.82) is 0 Å². The maximum Gasteiger partial charge on any atom is 0.123 e. The molecule has 0 heterocycles. The molecule has 0 unspecified atom stereocenters. The number of rotatable bonds is 3. The third kappa shape index (κ3) is 2.57. The van der Waals surface area contributed by atoms with E-state index in [9.17, 15) is 10.2 Å². The predicted molar refractivity (Wildman–Crippen MR) is 68.0 cm³/mol. The zero-order chi connectivity index (χ0) is 12.3. The van der Waals surface area contributed by atoms with Crippen LogP contribution in [0.5, 0.6) is 11.5 Å². The second kappa shape index (κ2) is 4.89. The molecule has 0 radical (unpaired) electrons. The van der Waals surface area contributed by atoms with Gasteiger partial charge in [0.15, 0.2) is 0 Å². The molecule has 2 aromatic carbocycles. The minimum absolute atomic E-state index is 0.214. The van der Waals surface area contributed by atoms with Crippen LogP contribution in [0.15, 0.2) is 42.5 Å². The van der Waals surface area contributed by atoms with Gasteiger partial charge in [-0.15, -0.1) is 0 Å². The van der Waals surface area contributed by atoms with Crippen molar-refractivity contribution in [2.75, 3.05) is 6.54 Å². The Kier molecular flexibility index (Phi) is 3.30. The molecule has 0 bridgehead atoms. The zero-order valence-corrected chi connectivity index (χ0v) is 9.43. The van der Waals surface area contributed by atoms with Gasteiger partial charge in [0.2, 0.25) is 0 Å². The smallest absolute Gasteiger partial charge is 0.123 e. The fraction of sp³-hybridized carbons (Fsp3) is 0.143. The van der Waals surface area contributed by atoms with Crippen molar-refractivity contribution in [1.82, 2.24) is 0 Å². The van der Waals surface area contributed by atoms with Crippen LogP contribution in [0.25, 0.3) is 11.1 Å². The van der Waals surface area contributed by atoms with Gasteiger partial charge in [0.1, 0.15) is 11.5 Å². The Balaban J connectivity index is 2.42. The first-order valence-corrected chi connectivity index (χ1v) is 5.52. The molecule has 2 rings (SSSR count). The van der Waals surface area contributed by atoms with Crippen LogP contribution in [0.4, 0.5) is 0 Å². The molecule has 0 aliphatic rings. The quantitative estimate of drug-likeness (QED) is 0.756. The fourth-order valence-corrected chi connectivity index (χ4v) is 1.78. The fourth-order valence-electron chi connectivity index (χ4n) is 1.78. The van der Waals surface area contributed by atoms with Crippen molar-refractivity contribution in [3.8, 4) is 22.6 Å². The van der Waals surface area contributed by atoms with Gasteiger partial charge in [-0.25, -0.2) is 0 Å². The number of phenolic OH excluding ortho intramolecular Hbond substituents is 2. The van der Waals surface area contributed by atoms with E-state index in [1.807, 2.05) is 12.1 Å².